The minimum Gasteiger partial charge on any atom is -0.406 e. The van der Waals surface area contributed by atoms with Crippen molar-refractivity contribution in [2.24, 2.45) is 0 Å². The van der Waals surface area contributed by atoms with Gasteiger partial charge in [-0.05, 0) is 35.4 Å². The molecule has 2 N–H and O–H groups in total. The molecule has 1 aliphatic carbocycles. The number of hydrogen-bond donors (Lipinski definition) is 2. The van der Waals surface area contributed by atoms with Crippen molar-refractivity contribution in [3.8, 4) is 5.75 Å². The van der Waals surface area contributed by atoms with Crippen molar-refractivity contribution in [2.75, 3.05) is 6.54 Å². The molecule has 0 spiro atoms. The molecule has 7 heteroatoms. The predicted molar refractivity (Wildman–Crippen MR) is 84.3 cm³/mol. The van der Waals surface area contributed by atoms with Crippen LogP contribution in [0.25, 0.3) is 0 Å². The van der Waals surface area contributed by atoms with Crippen LogP contribution >= 0.6 is 0 Å². The predicted octanol–water partition coefficient (Wildman–Crippen LogP) is 2.84. The molecule has 132 valence electrons. The second-order valence-electron chi connectivity index (χ2n) is 6.10. The van der Waals surface area contributed by atoms with E-state index >= 15 is 0 Å². The van der Waals surface area contributed by atoms with Gasteiger partial charge in [0.25, 0.3) is 5.91 Å². The van der Waals surface area contributed by atoms with E-state index in [9.17, 15) is 23.1 Å². The molecule has 0 radical (unpaired) electrons. The number of nitrogens with one attached hydrogen (secondary N) is 1. The fraction of sp³-hybridized carbons (Fsp3) is 0.278. The number of halogens is 3. The van der Waals surface area contributed by atoms with Gasteiger partial charge in [-0.3, -0.25) is 4.79 Å². The van der Waals surface area contributed by atoms with Crippen LogP contribution in [-0.4, -0.2) is 29.5 Å². The average molecular weight is 351 g/mol. The molecule has 25 heavy (non-hydrogen) atoms. The summed E-state index contributed by atoms with van der Waals surface area (Å²) in [5, 5.41) is 13.3. The van der Waals surface area contributed by atoms with Crippen molar-refractivity contribution in [3.63, 3.8) is 0 Å². The van der Waals surface area contributed by atoms with Crippen molar-refractivity contribution in [1.82, 2.24) is 5.32 Å². The SMILES string of the molecule is O=C(NCC1(O)Cc2ccccc2C1)c1ccc(OC(F)(F)F)cc1. The highest BCUT2D eigenvalue weighted by atomic mass is 19.4. The molecule has 0 saturated heterocycles. The molecule has 0 saturated carbocycles. The molecule has 4 nitrogen and oxygen atoms in total. The Labute approximate surface area is 142 Å². The maximum Gasteiger partial charge on any atom is 0.573 e. The lowest BCUT2D eigenvalue weighted by atomic mass is 10.0. The topological polar surface area (TPSA) is 58.6 Å². The van der Waals surface area contributed by atoms with E-state index in [0.29, 0.717) is 12.8 Å². The molecule has 0 atom stereocenters. The maximum atomic E-state index is 12.1. The standard InChI is InChI=1S/C18H16F3NO3/c19-18(20,21)25-15-7-5-12(6-8-15)16(23)22-11-17(24)9-13-3-1-2-4-14(13)10-17/h1-8,24H,9-11H2,(H,22,23). The summed E-state index contributed by atoms with van der Waals surface area (Å²) in [4.78, 5) is 12.1. The van der Waals surface area contributed by atoms with E-state index in [-0.39, 0.29) is 12.1 Å². The third-order valence-corrected chi connectivity index (χ3v) is 4.09. The van der Waals surface area contributed by atoms with Gasteiger partial charge in [-0.25, -0.2) is 0 Å². The highest BCUT2D eigenvalue weighted by Gasteiger charge is 2.35. The smallest absolute Gasteiger partial charge is 0.406 e. The molecular weight excluding hydrogens is 335 g/mol. The van der Waals surface area contributed by atoms with E-state index in [0.717, 1.165) is 23.3 Å². The molecule has 0 fully saturated rings. The Morgan fingerprint density at radius 3 is 2.16 bits per heavy atom. The molecule has 2 aromatic rings. The van der Waals surface area contributed by atoms with Gasteiger partial charge in [0, 0.05) is 24.9 Å². The highest BCUT2D eigenvalue weighted by molar-refractivity contribution is 5.94. The van der Waals surface area contributed by atoms with Crippen LogP contribution in [0.2, 0.25) is 0 Å². The van der Waals surface area contributed by atoms with Crippen molar-refractivity contribution >= 4 is 5.91 Å². The summed E-state index contributed by atoms with van der Waals surface area (Å²) < 4.78 is 40.1. The van der Waals surface area contributed by atoms with Crippen molar-refractivity contribution in [2.45, 2.75) is 24.8 Å². The van der Waals surface area contributed by atoms with Gasteiger partial charge < -0.3 is 15.2 Å². The zero-order valence-electron chi connectivity index (χ0n) is 13.1. The first-order chi connectivity index (χ1) is 11.7. The second-order valence-corrected chi connectivity index (χ2v) is 6.10. The number of amides is 1. The zero-order valence-corrected chi connectivity index (χ0v) is 13.1. The minimum absolute atomic E-state index is 0.0569. The molecule has 0 aromatic heterocycles. The molecule has 0 aliphatic heterocycles. The van der Waals surface area contributed by atoms with Crippen LogP contribution in [-0.2, 0) is 12.8 Å². The van der Waals surface area contributed by atoms with Gasteiger partial charge in [0.05, 0.1) is 5.60 Å². The first-order valence-corrected chi connectivity index (χ1v) is 7.67. The number of benzene rings is 2. The molecule has 0 bridgehead atoms. The zero-order chi connectivity index (χ0) is 18.1. The molecule has 3 rings (SSSR count). The highest BCUT2D eigenvalue weighted by Crippen LogP contribution is 2.29. The Kier molecular flexibility index (Phi) is 4.43. The summed E-state index contributed by atoms with van der Waals surface area (Å²) in [6.07, 6.45) is -3.88. The van der Waals surface area contributed by atoms with Crippen LogP contribution < -0.4 is 10.1 Å². The summed E-state index contributed by atoms with van der Waals surface area (Å²) in [6.45, 7) is 0.0569. The van der Waals surface area contributed by atoms with Gasteiger partial charge in [-0.15, -0.1) is 13.2 Å². The van der Waals surface area contributed by atoms with Gasteiger partial charge in [0.2, 0.25) is 0 Å². The lowest BCUT2D eigenvalue weighted by Gasteiger charge is -2.22. The molecule has 0 unspecified atom stereocenters. The van der Waals surface area contributed by atoms with Crippen molar-refractivity contribution in [3.05, 3.63) is 65.2 Å². The molecular formula is C18H16F3NO3. The second kappa shape index (κ2) is 6.40. The van der Waals surface area contributed by atoms with Crippen molar-refractivity contribution < 1.29 is 27.8 Å². The number of carbonyl (C=O) groups is 1. The Bertz CT molecular complexity index is 747. The number of hydrogen-bond acceptors (Lipinski definition) is 3. The first-order valence-electron chi connectivity index (χ1n) is 7.67. The summed E-state index contributed by atoms with van der Waals surface area (Å²) in [5.41, 5.74) is 1.23. The maximum absolute atomic E-state index is 12.1. The van der Waals surface area contributed by atoms with Crippen LogP contribution in [0.3, 0.4) is 0 Å². The van der Waals surface area contributed by atoms with Crippen LogP contribution in [0.1, 0.15) is 21.5 Å². The Balaban J connectivity index is 1.58. The third-order valence-electron chi connectivity index (χ3n) is 4.09. The monoisotopic (exact) mass is 351 g/mol. The van der Waals surface area contributed by atoms with E-state index in [1.807, 2.05) is 24.3 Å². The normalized spacial score (nSPS) is 15.5. The Morgan fingerprint density at radius 2 is 1.64 bits per heavy atom. The summed E-state index contributed by atoms with van der Waals surface area (Å²) in [6, 6.07) is 12.3. The number of aliphatic hydroxyl groups is 1. The van der Waals surface area contributed by atoms with Gasteiger partial charge in [-0.1, -0.05) is 24.3 Å². The van der Waals surface area contributed by atoms with E-state index in [1.54, 1.807) is 0 Å². The van der Waals surface area contributed by atoms with Gasteiger partial charge in [0.1, 0.15) is 5.75 Å². The number of alkyl halides is 3. The molecule has 1 aliphatic rings. The number of carbonyl (C=O) groups excluding carboxylic acids is 1. The number of rotatable bonds is 4. The summed E-state index contributed by atoms with van der Waals surface area (Å²) in [7, 11) is 0. The van der Waals surface area contributed by atoms with Crippen molar-refractivity contribution in [1.29, 1.82) is 0 Å². The molecule has 2 aromatic carbocycles. The van der Waals surface area contributed by atoms with E-state index < -0.39 is 23.6 Å². The summed E-state index contributed by atoms with van der Waals surface area (Å²) in [5.74, 6) is -0.864. The van der Waals surface area contributed by atoms with Crippen LogP contribution in [0.15, 0.2) is 48.5 Å². The first kappa shape index (κ1) is 17.3. The van der Waals surface area contributed by atoms with Crippen LogP contribution in [0, 0.1) is 0 Å². The number of ether oxygens (including phenoxy) is 1. The van der Waals surface area contributed by atoms with E-state index in [2.05, 4.69) is 10.1 Å². The number of fused-ring (bicyclic) bond motifs is 1. The molecule has 0 heterocycles. The van der Waals surface area contributed by atoms with E-state index in [1.165, 1.54) is 12.1 Å². The van der Waals surface area contributed by atoms with E-state index in [4.69, 9.17) is 0 Å². The van der Waals surface area contributed by atoms with Gasteiger partial charge in [-0.2, -0.15) is 0 Å². The fourth-order valence-electron chi connectivity index (χ4n) is 2.95. The Morgan fingerprint density at radius 1 is 1.08 bits per heavy atom. The largest absolute Gasteiger partial charge is 0.573 e. The third kappa shape index (κ3) is 4.30. The quantitative estimate of drug-likeness (QED) is 0.891. The van der Waals surface area contributed by atoms with Gasteiger partial charge >= 0.3 is 6.36 Å². The van der Waals surface area contributed by atoms with Gasteiger partial charge in [0.15, 0.2) is 0 Å². The summed E-state index contributed by atoms with van der Waals surface area (Å²) >= 11 is 0. The van der Waals surface area contributed by atoms with Crippen LogP contribution in [0.5, 0.6) is 5.75 Å². The lowest BCUT2D eigenvalue weighted by molar-refractivity contribution is -0.274. The molecule has 1 amide bonds. The lowest BCUT2D eigenvalue weighted by Crippen LogP contribution is -2.43. The Hall–Kier alpha value is -2.54. The average Bonchev–Trinajstić information content (AvgIpc) is 2.88. The minimum atomic E-state index is -4.77. The fourth-order valence-corrected chi connectivity index (χ4v) is 2.95. The van der Waals surface area contributed by atoms with Crippen LogP contribution in [0.4, 0.5) is 13.2 Å².